The lowest BCUT2D eigenvalue weighted by Crippen LogP contribution is -2.09. The summed E-state index contributed by atoms with van der Waals surface area (Å²) < 4.78 is 0. The van der Waals surface area contributed by atoms with Crippen LogP contribution in [0.25, 0.3) is 0 Å². The number of aromatic carboxylic acids is 2. The summed E-state index contributed by atoms with van der Waals surface area (Å²) in [4.78, 5) is 45.2. The molecular formula is C16H9O6. The summed E-state index contributed by atoms with van der Waals surface area (Å²) in [5.41, 5.74) is -0.430. The standard InChI is InChI=1S/C16H9O6/c17-8-12-5-4-11(16(21)22)7-13(12)14(18)9-2-1-3-10(6-9)15(19)20/h1-7H,(H,19,20)(H,21,22). The van der Waals surface area contributed by atoms with Gasteiger partial charge in [-0.3, -0.25) is 9.59 Å². The normalized spacial score (nSPS) is 10.0. The smallest absolute Gasteiger partial charge is 0.335 e. The van der Waals surface area contributed by atoms with Gasteiger partial charge in [0.05, 0.1) is 11.1 Å². The second kappa shape index (κ2) is 6.01. The third-order valence-electron chi connectivity index (χ3n) is 2.99. The van der Waals surface area contributed by atoms with Gasteiger partial charge in [0.25, 0.3) is 0 Å². The number of rotatable bonds is 5. The first-order valence-electron chi connectivity index (χ1n) is 6.07. The lowest BCUT2D eigenvalue weighted by Gasteiger charge is -2.06. The van der Waals surface area contributed by atoms with E-state index in [0.29, 0.717) is 0 Å². The van der Waals surface area contributed by atoms with Crippen molar-refractivity contribution in [3.05, 3.63) is 70.3 Å². The van der Waals surface area contributed by atoms with Crippen molar-refractivity contribution in [3.63, 3.8) is 0 Å². The molecule has 0 saturated heterocycles. The Morgan fingerprint density at radius 1 is 0.818 bits per heavy atom. The molecule has 0 amide bonds. The van der Waals surface area contributed by atoms with Gasteiger partial charge in [-0.15, -0.1) is 0 Å². The number of carbonyl (C=O) groups excluding carboxylic acids is 2. The van der Waals surface area contributed by atoms with Crippen LogP contribution >= 0.6 is 0 Å². The quantitative estimate of drug-likeness (QED) is 0.814. The number of carboxylic acid groups (broad SMARTS) is 2. The minimum atomic E-state index is -1.24. The fourth-order valence-corrected chi connectivity index (χ4v) is 1.90. The van der Waals surface area contributed by atoms with Crippen molar-refractivity contribution >= 4 is 24.0 Å². The van der Waals surface area contributed by atoms with Crippen LogP contribution in [0.2, 0.25) is 0 Å². The third kappa shape index (κ3) is 2.90. The zero-order chi connectivity index (χ0) is 16.3. The van der Waals surface area contributed by atoms with Gasteiger partial charge in [-0.05, 0) is 30.3 Å². The second-order valence-electron chi connectivity index (χ2n) is 4.38. The Labute approximate surface area is 124 Å². The predicted octanol–water partition coefficient (Wildman–Crippen LogP) is 1.77. The Morgan fingerprint density at radius 3 is 2.00 bits per heavy atom. The summed E-state index contributed by atoms with van der Waals surface area (Å²) in [6.45, 7) is 0. The summed E-state index contributed by atoms with van der Waals surface area (Å²) in [6.07, 6.45) is 1.57. The van der Waals surface area contributed by atoms with Crippen molar-refractivity contribution in [1.82, 2.24) is 0 Å². The highest BCUT2D eigenvalue weighted by Gasteiger charge is 2.17. The number of carbonyl (C=O) groups is 3. The van der Waals surface area contributed by atoms with Crippen molar-refractivity contribution in [2.45, 2.75) is 0 Å². The first kappa shape index (κ1) is 15.1. The lowest BCUT2D eigenvalue weighted by atomic mass is 9.96. The Hall–Kier alpha value is -3.28. The SMILES string of the molecule is O=[C]c1ccc(C(=O)O)cc1C(=O)c1cccc(C(=O)O)c1. The van der Waals surface area contributed by atoms with Crippen molar-refractivity contribution < 1.29 is 29.4 Å². The van der Waals surface area contributed by atoms with Gasteiger partial charge in [-0.25, -0.2) is 9.59 Å². The molecule has 6 nitrogen and oxygen atoms in total. The molecule has 6 heteroatoms. The fourth-order valence-electron chi connectivity index (χ4n) is 1.90. The molecule has 0 aromatic heterocycles. The van der Waals surface area contributed by atoms with Gasteiger partial charge < -0.3 is 10.2 Å². The fraction of sp³-hybridized carbons (Fsp3) is 0. The second-order valence-corrected chi connectivity index (χ2v) is 4.38. The maximum atomic E-state index is 12.4. The molecular weight excluding hydrogens is 288 g/mol. The van der Waals surface area contributed by atoms with E-state index in [9.17, 15) is 19.2 Å². The van der Waals surface area contributed by atoms with Crippen molar-refractivity contribution in [3.8, 4) is 0 Å². The Balaban J connectivity index is 2.55. The molecule has 0 spiro atoms. The maximum Gasteiger partial charge on any atom is 0.335 e. The first-order chi connectivity index (χ1) is 10.4. The van der Waals surface area contributed by atoms with Crippen LogP contribution in [0.15, 0.2) is 42.5 Å². The highest BCUT2D eigenvalue weighted by Crippen LogP contribution is 2.17. The predicted molar refractivity (Wildman–Crippen MR) is 75.0 cm³/mol. The number of carboxylic acids is 2. The summed E-state index contributed by atoms with van der Waals surface area (Å²) in [6, 6.07) is 8.70. The molecule has 2 aromatic rings. The van der Waals surface area contributed by atoms with Gasteiger partial charge in [-0.2, -0.15) is 0 Å². The average molecular weight is 297 g/mol. The molecule has 0 atom stereocenters. The molecule has 0 bridgehead atoms. The highest BCUT2D eigenvalue weighted by molar-refractivity contribution is 6.14. The zero-order valence-electron chi connectivity index (χ0n) is 11.1. The van der Waals surface area contributed by atoms with E-state index in [1.54, 1.807) is 6.29 Å². The Bertz CT molecular complexity index is 791. The van der Waals surface area contributed by atoms with Crippen LogP contribution in [0.1, 0.15) is 42.2 Å². The lowest BCUT2D eigenvalue weighted by molar-refractivity contribution is 0.0686. The molecule has 0 aliphatic carbocycles. The largest absolute Gasteiger partial charge is 0.478 e. The highest BCUT2D eigenvalue weighted by atomic mass is 16.4. The van der Waals surface area contributed by atoms with Crippen LogP contribution in [0.5, 0.6) is 0 Å². The van der Waals surface area contributed by atoms with E-state index in [2.05, 4.69) is 0 Å². The molecule has 0 fully saturated rings. The van der Waals surface area contributed by atoms with E-state index in [1.165, 1.54) is 30.3 Å². The molecule has 0 saturated carbocycles. The summed E-state index contributed by atoms with van der Waals surface area (Å²) in [5.74, 6) is -3.09. The Kier molecular flexibility index (Phi) is 4.13. The summed E-state index contributed by atoms with van der Waals surface area (Å²) in [5, 5.41) is 17.9. The first-order valence-corrected chi connectivity index (χ1v) is 6.07. The Morgan fingerprint density at radius 2 is 1.41 bits per heavy atom. The van der Waals surface area contributed by atoms with Crippen LogP contribution in [-0.4, -0.2) is 34.2 Å². The van der Waals surface area contributed by atoms with Gasteiger partial charge in [0, 0.05) is 16.7 Å². The molecule has 1 radical (unpaired) electrons. The number of hydrogen-bond acceptors (Lipinski definition) is 4. The minimum absolute atomic E-state index is 0.0407. The van der Waals surface area contributed by atoms with E-state index in [-0.39, 0.29) is 27.8 Å². The summed E-state index contributed by atoms with van der Waals surface area (Å²) in [7, 11) is 0. The van der Waals surface area contributed by atoms with Crippen LogP contribution in [0, 0.1) is 0 Å². The zero-order valence-corrected chi connectivity index (χ0v) is 11.1. The van der Waals surface area contributed by atoms with Crippen molar-refractivity contribution in [2.24, 2.45) is 0 Å². The molecule has 2 N–H and O–H groups in total. The number of benzene rings is 2. The minimum Gasteiger partial charge on any atom is -0.478 e. The van der Waals surface area contributed by atoms with Crippen LogP contribution in [0.4, 0.5) is 0 Å². The molecule has 0 aliphatic heterocycles. The summed E-state index contributed by atoms with van der Waals surface area (Å²) >= 11 is 0. The maximum absolute atomic E-state index is 12.4. The van der Waals surface area contributed by atoms with E-state index in [0.717, 1.165) is 12.1 Å². The topological polar surface area (TPSA) is 109 Å². The van der Waals surface area contributed by atoms with Gasteiger partial charge in [-0.1, -0.05) is 12.1 Å². The van der Waals surface area contributed by atoms with Crippen LogP contribution < -0.4 is 0 Å². The number of hydrogen-bond donors (Lipinski definition) is 2. The molecule has 2 aromatic carbocycles. The van der Waals surface area contributed by atoms with Crippen molar-refractivity contribution in [2.75, 3.05) is 0 Å². The van der Waals surface area contributed by atoms with E-state index in [1.807, 2.05) is 0 Å². The average Bonchev–Trinajstić information content (AvgIpc) is 2.53. The molecule has 0 unspecified atom stereocenters. The molecule has 0 heterocycles. The number of ketones is 1. The van der Waals surface area contributed by atoms with Gasteiger partial charge >= 0.3 is 11.9 Å². The van der Waals surface area contributed by atoms with Gasteiger partial charge in [0.15, 0.2) is 5.78 Å². The van der Waals surface area contributed by atoms with Crippen LogP contribution in [-0.2, 0) is 4.79 Å². The van der Waals surface area contributed by atoms with E-state index < -0.39 is 17.7 Å². The third-order valence-corrected chi connectivity index (χ3v) is 2.99. The monoisotopic (exact) mass is 297 g/mol. The molecule has 0 aliphatic rings. The van der Waals surface area contributed by atoms with Gasteiger partial charge in [0.2, 0.25) is 6.29 Å². The van der Waals surface area contributed by atoms with Crippen LogP contribution in [0.3, 0.4) is 0 Å². The van der Waals surface area contributed by atoms with E-state index in [4.69, 9.17) is 10.2 Å². The van der Waals surface area contributed by atoms with Gasteiger partial charge in [0.1, 0.15) is 0 Å². The molecule has 109 valence electrons. The molecule has 2 rings (SSSR count). The molecule has 22 heavy (non-hydrogen) atoms. The van der Waals surface area contributed by atoms with E-state index >= 15 is 0 Å². The van der Waals surface area contributed by atoms with Crippen molar-refractivity contribution in [1.29, 1.82) is 0 Å².